The Balaban J connectivity index is 1.98. The molecule has 1 aromatic heterocycles. The molecule has 0 bridgehead atoms. The lowest BCUT2D eigenvalue weighted by molar-refractivity contribution is 0.112. The Hall–Kier alpha value is -3.34. The summed E-state index contributed by atoms with van der Waals surface area (Å²) >= 11 is 0. The van der Waals surface area contributed by atoms with Crippen molar-refractivity contribution in [3.63, 3.8) is 0 Å². The van der Waals surface area contributed by atoms with Crippen LogP contribution in [0.5, 0.6) is 17.2 Å². The van der Waals surface area contributed by atoms with Gasteiger partial charge in [-0.05, 0) is 48.0 Å². The van der Waals surface area contributed by atoms with Crippen molar-refractivity contribution in [2.45, 2.75) is 0 Å². The van der Waals surface area contributed by atoms with Gasteiger partial charge < -0.3 is 14.2 Å². The highest BCUT2D eigenvalue weighted by Gasteiger charge is 2.06. The number of aromatic nitrogens is 1. The maximum atomic E-state index is 11.5. The summed E-state index contributed by atoms with van der Waals surface area (Å²) in [4.78, 5) is 16.1. The van der Waals surface area contributed by atoms with E-state index in [0.29, 0.717) is 28.5 Å². The number of ether oxygens (including phenoxy) is 3. The monoisotopic (exact) mass is 349 g/mol. The molecule has 0 unspecified atom stereocenters. The zero-order valence-corrected chi connectivity index (χ0v) is 14.9. The van der Waals surface area contributed by atoms with E-state index in [1.165, 1.54) is 0 Å². The smallest absolute Gasteiger partial charge is 0.161 e. The lowest BCUT2D eigenvalue weighted by Crippen LogP contribution is -1.92. The number of methoxy groups -OCH3 is 3. The van der Waals surface area contributed by atoms with E-state index in [1.807, 2.05) is 48.6 Å². The first-order chi connectivity index (χ1) is 12.7. The fourth-order valence-electron chi connectivity index (χ4n) is 2.70. The third-order valence-electron chi connectivity index (χ3n) is 4.05. The van der Waals surface area contributed by atoms with E-state index in [2.05, 4.69) is 4.98 Å². The molecule has 0 fully saturated rings. The minimum Gasteiger partial charge on any atom is -0.497 e. The van der Waals surface area contributed by atoms with Crippen LogP contribution in [0.4, 0.5) is 0 Å². The van der Waals surface area contributed by atoms with E-state index in [9.17, 15) is 4.79 Å². The summed E-state index contributed by atoms with van der Waals surface area (Å²) in [5.74, 6) is 2.02. The standard InChI is InChI=1S/C21H19NO4/c1-24-17-7-8-19-18(12-17)15(13-23)11-16(22-19)6-4-14-5-9-20(25-2)21(10-14)26-3/h4-13H,1-3H3/b6-4+. The summed E-state index contributed by atoms with van der Waals surface area (Å²) in [6, 6.07) is 12.9. The molecule has 0 aliphatic carbocycles. The van der Waals surface area contributed by atoms with E-state index < -0.39 is 0 Å². The van der Waals surface area contributed by atoms with E-state index in [0.717, 1.165) is 22.8 Å². The summed E-state index contributed by atoms with van der Waals surface area (Å²) in [5.41, 5.74) is 2.94. The van der Waals surface area contributed by atoms with Crippen LogP contribution in [0.15, 0.2) is 42.5 Å². The number of hydrogen-bond acceptors (Lipinski definition) is 5. The van der Waals surface area contributed by atoms with Crippen LogP contribution >= 0.6 is 0 Å². The number of carbonyl (C=O) groups is 1. The number of hydrogen-bond donors (Lipinski definition) is 0. The number of fused-ring (bicyclic) bond motifs is 1. The summed E-state index contributed by atoms with van der Waals surface area (Å²) in [6.07, 6.45) is 4.60. The molecule has 0 atom stereocenters. The normalized spacial score (nSPS) is 10.9. The topological polar surface area (TPSA) is 57.6 Å². The summed E-state index contributed by atoms with van der Waals surface area (Å²) in [6.45, 7) is 0. The molecule has 0 spiro atoms. The molecule has 3 rings (SSSR count). The van der Waals surface area contributed by atoms with Gasteiger partial charge in [0.25, 0.3) is 0 Å². The summed E-state index contributed by atoms with van der Waals surface area (Å²) in [5, 5.41) is 0.766. The highest BCUT2D eigenvalue weighted by atomic mass is 16.5. The van der Waals surface area contributed by atoms with Gasteiger partial charge in [0, 0.05) is 10.9 Å². The van der Waals surface area contributed by atoms with E-state index in [4.69, 9.17) is 14.2 Å². The predicted molar refractivity (Wildman–Crippen MR) is 102 cm³/mol. The van der Waals surface area contributed by atoms with Crippen molar-refractivity contribution < 1.29 is 19.0 Å². The average Bonchev–Trinajstić information content (AvgIpc) is 2.70. The quantitative estimate of drug-likeness (QED) is 0.623. The van der Waals surface area contributed by atoms with Gasteiger partial charge in [-0.15, -0.1) is 0 Å². The van der Waals surface area contributed by atoms with Gasteiger partial charge in [0.1, 0.15) is 5.75 Å². The number of carbonyl (C=O) groups excluding carboxylic acids is 1. The summed E-state index contributed by atoms with van der Waals surface area (Å²) in [7, 11) is 4.79. The molecule has 0 radical (unpaired) electrons. The van der Waals surface area contributed by atoms with Crippen LogP contribution < -0.4 is 14.2 Å². The zero-order chi connectivity index (χ0) is 18.5. The minimum atomic E-state index is 0.570. The molecule has 0 saturated carbocycles. The second kappa shape index (κ2) is 7.70. The maximum absolute atomic E-state index is 11.5. The van der Waals surface area contributed by atoms with Crippen LogP contribution in [0.1, 0.15) is 21.6 Å². The fourth-order valence-corrected chi connectivity index (χ4v) is 2.70. The van der Waals surface area contributed by atoms with E-state index in [-0.39, 0.29) is 0 Å². The number of aldehydes is 1. The Kier molecular flexibility index (Phi) is 5.17. The number of nitrogens with zero attached hydrogens (tertiary/aromatic N) is 1. The summed E-state index contributed by atoms with van der Waals surface area (Å²) < 4.78 is 15.8. The SMILES string of the molecule is COc1ccc2nc(/C=C/c3ccc(OC)c(OC)c3)cc(C=O)c2c1. The molecule has 0 aliphatic rings. The van der Waals surface area contributed by atoms with Crippen LogP contribution in [-0.2, 0) is 0 Å². The van der Waals surface area contributed by atoms with E-state index in [1.54, 1.807) is 27.4 Å². The highest BCUT2D eigenvalue weighted by molar-refractivity contribution is 5.98. The molecule has 5 nitrogen and oxygen atoms in total. The van der Waals surface area contributed by atoms with Crippen LogP contribution in [0.3, 0.4) is 0 Å². The van der Waals surface area contributed by atoms with Crippen molar-refractivity contribution in [1.29, 1.82) is 0 Å². The second-order valence-electron chi connectivity index (χ2n) is 5.59. The lowest BCUT2D eigenvalue weighted by atomic mass is 10.1. The van der Waals surface area contributed by atoms with Gasteiger partial charge in [-0.25, -0.2) is 4.98 Å². The molecular formula is C21H19NO4. The molecule has 132 valence electrons. The Bertz CT molecular complexity index is 979. The zero-order valence-electron chi connectivity index (χ0n) is 14.9. The largest absolute Gasteiger partial charge is 0.497 e. The molecule has 5 heteroatoms. The van der Waals surface area contributed by atoms with Crippen molar-refractivity contribution in [1.82, 2.24) is 4.98 Å². The average molecular weight is 349 g/mol. The first kappa shape index (κ1) is 17.5. The van der Waals surface area contributed by atoms with E-state index >= 15 is 0 Å². The Morgan fingerprint density at radius 2 is 1.65 bits per heavy atom. The van der Waals surface area contributed by atoms with Gasteiger partial charge in [-0.1, -0.05) is 12.1 Å². The number of rotatable bonds is 6. The lowest BCUT2D eigenvalue weighted by Gasteiger charge is -2.08. The second-order valence-corrected chi connectivity index (χ2v) is 5.59. The van der Waals surface area contributed by atoms with Gasteiger partial charge in [0.2, 0.25) is 0 Å². The first-order valence-corrected chi connectivity index (χ1v) is 8.02. The molecule has 26 heavy (non-hydrogen) atoms. The fraction of sp³-hybridized carbons (Fsp3) is 0.143. The molecule has 0 saturated heterocycles. The predicted octanol–water partition coefficient (Wildman–Crippen LogP) is 4.24. The van der Waals surface area contributed by atoms with Gasteiger partial charge >= 0.3 is 0 Å². The Morgan fingerprint density at radius 3 is 2.35 bits per heavy atom. The van der Waals surface area contributed by atoms with Crippen LogP contribution in [0.25, 0.3) is 23.1 Å². The number of benzene rings is 2. The third-order valence-corrected chi connectivity index (χ3v) is 4.05. The van der Waals surface area contributed by atoms with Crippen molar-refractivity contribution in [3.8, 4) is 17.2 Å². The van der Waals surface area contributed by atoms with Gasteiger partial charge in [-0.2, -0.15) is 0 Å². The molecule has 0 aliphatic heterocycles. The third kappa shape index (κ3) is 3.52. The first-order valence-electron chi connectivity index (χ1n) is 8.02. The van der Waals surface area contributed by atoms with Crippen molar-refractivity contribution in [2.75, 3.05) is 21.3 Å². The maximum Gasteiger partial charge on any atom is 0.161 e. The molecule has 0 amide bonds. The molecular weight excluding hydrogens is 330 g/mol. The molecule has 0 N–H and O–H groups in total. The Labute approximate surface area is 151 Å². The van der Waals surface area contributed by atoms with Crippen molar-refractivity contribution in [3.05, 3.63) is 59.3 Å². The van der Waals surface area contributed by atoms with Crippen molar-refractivity contribution >= 4 is 29.3 Å². The van der Waals surface area contributed by atoms with Gasteiger partial charge in [0.15, 0.2) is 17.8 Å². The van der Waals surface area contributed by atoms with Crippen LogP contribution in [-0.4, -0.2) is 32.6 Å². The van der Waals surface area contributed by atoms with Crippen molar-refractivity contribution in [2.24, 2.45) is 0 Å². The highest BCUT2D eigenvalue weighted by Crippen LogP contribution is 2.28. The Morgan fingerprint density at radius 1 is 0.846 bits per heavy atom. The van der Waals surface area contributed by atoms with Gasteiger partial charge in [0.05, 0.1) is 32.5 Å². The van der Waals surface area contributed by atoms with Crippen LogP contribution in [0, 0.1) is 0 Å². The van der Waals surface area contributed by atoms with Gasteiger partial charge in [-0.3, -0.25) is 4.79 Å². The molecule has 3 aromatic rings. The van der Waals surface area contributed by atoms with Crippen LogP contribution in [0.2, 0.25) is 0 Å². The minimum absolute atomic E-state index is 0.570. The number of pyridine rings is 1. The molecule has 1 heterocycles. The molecule has 2 aromatic carbocycles.